The maximum absolute atomic E-state index is 11.7. The number of anilines is 1. The Morgan fingerprint density at radius 3 is 2.68 bits per heavy atom. The molecular formula is C15H13Cl2NO3S. The van der Waals surface area contributed by atoms with Crippen molar-refractivity contribution in [3.8, 4) is 0 Å². The van der Waals surface area contributed by atoms with Crippen molar-refractivity contribution >= 4 is 52.1 Å². The van der Waals surface area contributed by atoms with E-state index in [0.717, 1.165) is 5.56 Å². The molecule has 0 saturated carbocycles. The van der Waals surface area contributed by atoms with Crippen molar-refractivity contribution in [2.45, 2.75) is 12.8 Å². The number of aryl methyl sites for hydroxylation is 1. The quantitative estimate of drug-likeness (QED) is 0.789. The van der Waals surface area contributed by atoms with Gasteiger partial charge < -0.3 is 10.1 Å². The number of esters is 1. The lowest BCUT2D eigenvalue weighted by atomic mass is 10.2. The highest BCUT2D eigenvalue weighted by molar-refractivity contribution is 7.07. The standard InChI is InChI=1S/C15H13Cl2NO3S/c16-12-3-2-11(7-13(12)17)18-14(19)8-21-15(20)4-1-10-5-6-22-9-10/h2-3,5-7,9H,1,4,8H2,(H,18,19). The Labute approximate surface area is 142 Å². The number of halogens is 2. The van der Waals surface area contributed by atoms with Crippen LogP contribution in [0.15, 0.2) is 35.0 Å². The average molecular weight is 358 g/mol. The van der Waals surface area contributed by atoms with Crippen LogP contribution in [0.3, 0.4) is 0 Å². The van der Waals surface area contributed by atoms with Gasteiger partial charge in [0.1, 0.15) is 0 Å². The molecule has 2 rings (SSSR count). The Morgan fingerprint density at radius 2 is 2.00 bits per heavy atom. The van der Waals surface area contributed by atoms with Gasteiger partial charge in [0.25, 0.3) is 5.91 Å². The lowest BCUT2D eigenvalue weighted by molar-refractivity contribution is -0.147. The molecule has 116 valence electrons. The van der Waals surface area contributed by atoms with Gasteiger partial charge in [-0.05, 0) is 47.0 Å². The first-order valence-electron chi connectivity index (χ1n) is 6.46. The lowest BCUT2D eigenvalue weighted by Crippen LogP contribution is -2.21. The number of carbonyl (C=O) groups excluding carboxylic acids is 2. The topological polar surface area (TPSA) is 55.4 Å². The van der Waals surface area contributed by atoms with Crippen LogP contribution in [-0.2, 0) is 20.7 Å². The van der Waals surface area contributed by atoms with Crippen molar-refractivity contribution in [3.63, 3.8) is 0 Å². The van der Waals surface area contributed by atoms with Crippen molar-refractivity contribution in [1.82, 2.24) is 0 Å². The first-order valence-corrected chi connectivity index (χ1v) is 8.16. The van der Waals surface area contributed by atoms with E-state index < -0.39 is 11.9 Å². The highest BCUT2D eigenvalue weighted by atomic mass is 35.5. The van der Waals surface area contributed by atoms with Gasteiger partial charge in [0.2, 0.25) is 0 Å². The van der Waals surface area contributed by atoms with Crippen LogP contribution in [-0.4, -0.2) is 18.5 Å². The molecule has 0 spiro atoms. The van der Waals surface area contributed by atoms with Crippen molar-refractivity contribution < 1.29 is 14.3 Å². The Hall–Kier alpha value is -1.56. The van der Waals surface area contributed by atoms with Crippen LogP contribution in [0.5, 0.6) is 0 Å². The van der Waals surface area contributed by atoms with Gasteiger partial charge in [-0.15, -0.1) is 0 Å². The number of ether oxygens (including phenoxy) is 1. The van der Waals surface area contributed by atoms with E-state index >= 15 is 0 Å². The SMILES string of the molecule is O=C(COC(=O)CCc1ccsc1)Nc1ccc(Cl)c(Cl)c1. The van der Waals surface area contributed by atoms with Crippen molar-refractivity contribution in [3.05, 3.63) is 50.6 Å². The third-order valence-corrected chi connectivity index (χ3v) is 4.24. The molecule has 1 amide bonds. The molecule has 1 N–H and O–H groups in total. The largest absolute Gasteiger partial charge is 0.456 e. The van der Waals surface area contributed by atoms with Gasteiger partial charge >= 0.3 is 5.97 Å². The second kappa shape index (κ2) is 8.17. The zero-order valence-corrected chi connectivity index (χ0v) is 13.8. The van der Waals surface area contributed by atoms with E-state index in [4.69, 9.17) is 27.9 Å². The summed E-state index contributed by atoms with van der Waals surface area (Å²) in [4.78, 5) is 23.2. The molecule has 0 saturated heterocycles. The second-order valence-electron chi connectivity index (χ2n) is 4.47. The van der Waals surface area contributed by atoms with Crippen molar-refractivity contribution in [2.24, 2.45) is 0 Å². The molecule has 2 aromatic rings. The average Bonchev–Trinajstić information content (AvgIpc) is 3.00. The summed E-state index contributed by atoms with van der Waals surface area (Å²) in [6.07, 6.45) is 0.855. The van der Waals surface area contributed by atoms with Crippen LogP contribution in [0.1, 0.15) is 12.0 Å². The Morgan fingerprint density at radius 1 is 1.18 bits per heavy atom. The van der Waals surface area contributed by atoms with Crippen LogP contribution >= 0.6 is 34.5 Å². The first kappa shape index (κ1) is 16.8. The molecule has 4 nitrogen and oxygen atoms in total. The van der Waals surface area contributed by atoms with Gasteiger partial charge in [0.05, 0.1) is 10.0 Å². The third-order valence-electron chi connectivity index (χ3n) is 2.77. The fourth-order valence-corrected chi connectivity index (χ4v) is 2.67. The number of hydrogen-bond acceptors (Lipinski definition) is 4. The van der Waals surface area contributed by atoms with Crippen LogP contribution in [0.4, 0.5) is 5.69 Å². The number of carbonyl (C=O) groups is 2. The van der Waals surface area contributed by atoms with Gasteiger partial charge in [0, 0.05) is 12.1 Å². The van der Waals surface area contributed by atoms with Gasteiger partial charge in [-0.1, -0.05) is 23.2 Å². The summed E-state index contributed by atoms with van der Waals surface area (Å²) in [5, 5.41) is 7.25. The fraction of sp³-hybridized carbons (Fsp3) is 0.200. The molecule has 0 bridgehead atoms. The molecule has 0 aliphatic rings. The summed E-state index contributed by atoms with van der Waals surface area (Å²) in [7, 11) is 0. The first-order chi connectivity index (χ1) is 10.5. The van der Waals surface area contributed by atoms with E-state index in [1.165, 1.54) is 6.07 Å². The summed E-state index contributed by atoms with van der Waals surface area (Å²) < 4.78 is 4.92. The van der Waals surface area contributed by atoms with Gasteiger partial charge in [-0.3, -0.25) is 9.59 Å². The Bertz CT molecular complexity index is 659. The number of amides is 1. The predicted molar refractivity (Wildman–Crippen MR) is 88.7 cm³/mol. The lowest BCUT2D eigenvalue weighted by Gasteiger charge is -2.07. The molecule has 1 aromatic carbocycles. The Kier molecular flexibility index (Phi) is 6.24. The van der Waals surface area contributed by atoms with Crippen LogP contribution in [0.25, 0.3) is 0 Å². The number of thiophene rings is 1. The normalized spacial score (nSPS) is 10.3. The van der Waals surface area contributed by atoms with E-state index in [0.29, 0.717) is 22.2 Å². The smallest absolute Gasteiger partial charge is 0.306 e. The van der Waals surface area contributed by atoms with Crippen molar-refractivity contribution in [2.75, 3.05) is 11.9 Å². The summed E-state index contributed by atoms with van der Waals surface area (Å²) in [5.41, 5.74) is 1.58. The van der Waals surface area contributed by atoms with Gasteiger partial charge in [-0.2, -0.15) is 11.3 Å². The molecule has 0 aliphatic heterocycles. The molecule has 1 aromatic heterocycles. The zero-order valence-electron chi connectivity index (χ0n) is 11.5. The molecule has 0 unspecified atom stereocenters. The van der Waals surface area contributed by atoms with E-state index in [1.807, 2.05) is 16.8 Å². The summed E-state index contributed by atoms with van der Waals surface area (Å²) in [6.45, 7) is -0.331. The Balaban J connectivity index is 1.72. The monoisotopic (exact) mass is 357 g/mol. The maximum atomic E-state index is 11.7. The van der Waals surface area contributed by atoms with Crippen molar-refractivity contribution in [1.29, 1.82) is 0 Å². The minimum absolute atomic E-state index is 0.247. The highest BCUT2D eigenvalue weighted by Crippen LogP contribution is 2.24. The van der Waals surface area contributed by atoms with Crippen LogP contribution in [0.2, 0.25) is 10.0 Å². The number of benzene rings is 1. The van der Waals surface area contributed by atoms with E-state index in [9.17, 15) is 9.59 Å². The number of hydrogen-bond donors (Lipinski definition) is 1. The number of nitrogens with one attached hydrogen (secondary N) is 1. The molecular weight excluding hydrogens is 345 g/mol. The molecule has 0 radical (unpaired) electrons. The van der Waals surface area contributed by atoms with E-state index in [2.05, 4.69) is 5.32 Å². The summed E-state index contributed by atoms with van der Waals surface area (Å²) in [6, 6.07) is 6.67. The fourth-order valence-electron chi connectivity index (χ4n) is 1.67. The second-order valence-corrected chi connectivity index (χ2v) is 6.06. The minimum atomic E-state index is -0.428. The van der Waals surface area contributed by atoms with Crippen LogP contribution < -0.4 is 5.32 Å². The van der Waals surface area contributed by atoms with Gasteiger partial charge in [-0.25, -0.2) is 0 Å². The van der Waals surface area contributed by atoms with Crippen LogP contribution in [0, 0.1) is 0 Å². The maximum Gasteiger partial charge on any atom is 0.306 e. The molecule has 0 atom stereocenters. The van der Waals surface area contributed by atoms with E-state index in [-0.39, 0.29) is 13.0 Å². The molecule has 7 heteroatoms. The third kappa shape index (κ3) is 5.33. The molecule has 0 aliphatic carbocycles. The zero-order chi connectivity index (χ0) is 15.9. The van der Waals surface area contributed by atoms with E-state index in [1.54, 1.807) is 23.5 Å². The summed E-state index contributed by atoms with van der Waals surface area (Å²) >= 11 is 13.2. The molecule has 0 fully saturated rings. The molecule has 1 heterocycles. The minimum Gasteiger partial charge on any atom is -0.456 e. The van der Waals surface area contributed by atoms with Gasteiger partial charge in [0.15, 0.2) is 6.61 Å². The molecule has 22 heavy (non-hydrogen) atoms. The number of rotatable bonds is 6. The predicted octanol–water partition coefficient (Wildman–Crippen LogP) is 4.17. The highest BCUT2D eigenvalue weighted by Gasteiger charge is 2.09. The summed E-state index contributed by atoms with van der Waals surface area (Å²) in [5.74, 6) is -0.835.